The van der Waals surface area contributed by atoms with Crippen LogP contribution in [0.15, 0.2) is 47.2 Å². The van der Waals surface area contributed by atoms with Crippen molar-refractivity contribution < 1.29 is 4.79 Å². The monoisotopic (exact) mass is 342 g/mol. The van der Waals surface area contributed by atoms with Crippen LogP contribution < -0.4 is 0 Å². The Kier molecular flexibility index (Phi) is 3.64. The van der Waals surface area contributed by atoms with Crippen molar-refractivity contribution in [3.05, 3.63) is 63.9 Å². The predicted octanol–water partition coefficient (Wildman–Crippen LogP) is 4.30. The molecule has 0 aliphatic carbocycles. The van der Waals surface area contributed by atoms with Crippen LogP contribution in [-0.4, -0.2) is 15.3 Å². The molecule has 0 atom stereocenters. The van der Waals surface area contributed by atoms with E-state index >= 15 is 0 Å². The lowest BCUT2D eigenvalue weighted by atomic mass is 10.1. The molecule has 0 amide bonds. The number of fused-ring (bicyclic) bond motifs is 1. The summed E-state index contributed by atoms with van der Waals surface area (Å²) >= 11 is 3.38. The average molecular weight is 343 g/mol. The largest absolute Gasteiger partial charge is 0.323 e. The molecule has 0 aliphatic rings. The molecule has 21 heavy (non-hydrogen) atoms. The Morgan fingerprint density at radius 1 is 1.14 bits per heavy atom. The number of rotatable bonds is 3. The number of hydrogen-bond donors (Lipinski definition) is 0. The summed E-state index contributed by atoms with van der Waals surface area (Å²) < 4.78 is 2.88. The lowest BCUT2D eigenvalue weighted by molar-refractivity contribution is 0.0973. The van der Waals surface area contributed by atoms with E-state index in [0.717, 1.165) is 15.5 Å². The van der Waals surface area contributed by atoms with Gasteiger partial charge in [0.2, 0.25) is 0 Å². The minimum Gasteiger partial charge on any atom is -0.323 e. The van der Waals surface area contributed by atoms with Crippen LogP contribution in [0.1, 0.15) is 21.5 Å². The molecular weight excluding hydrogens is 328 g/mol. The number of carbonyl (C=O) groups excluding carboxylic acids is 1. The van der Waals surface area contributed by atoms with Crippen molar-refractivity contribution in [1.82, 2.24) is 9.55 Å². The fourth-order valence-corrected chi connectivity index (χ4v) is 2.59. The van der Waals surface area contributed by atoms with Crippen molar-refractivity contribution in [3.8, 4) is 0 Å². The summed E-state index contributed by atoms with van der Waals surface area (Å²) in [6.07, 6.45) is 1.74. The fourth-order valence-electron chi connectivity index (χ4n) is 2.32. The molecule has 0 bridgehead atoms. The van der Waals surface area contributed by atoms with Gasteiger partial charge >= 0.3 is 0 Å². The van der Waals surface area contributed by atoms with Crippen molar-refractivity contribution in [3.63, 3.8) is 0 Å². The summed E-state index contributed by atoms with van der Waals surface area (Å²) in [4.78, 5) is 16.7. The number of ketones is 1. The highest BCUT2D eigenvalue weighted by molar-refractivity contribution is 9.10. The fraction of sp³-hybridized carbons (Fsp3) is 0.176. The molecule has 1 aromatic heterocycles. The summed E-state index contributed by atoms with van der Waals surface area (Å²) in [6.45, 7) is 4.45. The molecule has 0 fully saturated rings. The van der Waals surface area contributed by atoms with Crippen molar-refractivity contribution in [2.45, 2.75) is 20.4 Å². The number of halogens is 1. The van der Waals surface area contributed by atoms with Crippen molar-refractivity contribution in [2.24, 2.45) is 0 Å². The third kappa shape index (κ3) is 2.76. The van der Waals surface area contributed by atoms with Gasteiger partial charge in [0.25, 0.3) is 0 Å². The van der Waals surface area contributed by atoms with Crippen molar-refractivity contribution in [1.29, 1.82) is 0 Å². The third-order valence-electron chi connectivity index (χ3n) is 3.72. The number of carbonyl (C=O) groups is 1. The first-order chi connectivity index (χ1) is 10.0. The van der Waals surface area contributed by atoms with Crippen LogP contribution in [0.25, 0.3) is 11.0 Å². The number of Topliss-reactive ketones (excluding diaryl/α,β-unsaturated/α-hetero) is 1. The average Bonchev–Trinajstić information content (AvgIpc) is 2.82. The first-order valence-electron chi connectivity index (χ1n) is 6.75. The maximum atomic E-state index is 12.4. The van der Waals surface area contributed by atoms with Gasteiger partial charge < -0.3 is 4.57 Å². The summed E-state index contributed by atoms with van der Waals surface area (Å²) in [5, 5.41) is 0. The quantitative estimate of drug-likeness (QED) is 0.665. The van der Waals surface area contributed by atoms with Gasteiger partial charge in [0.1, 0.15) is 0 Å². The normalized spacial score (nSPS) is 11.0. The third-order valence-corrected chi connectivity index (χ3v) is 4.25. The molecule has 0 spiro atoms. The van der Waals surface area contributed by atoms with E-state index in [1.807, 2.05) is 28.8 Å². The molecule has 1 heterocycles. The van der Waals surface area contributed by atoms with Crippen LogP contribution in [-0.2, 0) is 6.54 Å². The number of benzene rings is 2. The minimum atomic E-state index is 0.0834. The summed E-state index contributed by atoms with van der Waals surface area (Å²) in [5.74, 6) is 0.0834. The first-order valence-corrected chi connectivity index (χ1v) is 7.55. The summed E-state index contributed by atoms with van der Waals surface area (Å²) in [5.41, 5.74) is 5.07. The van der Waals surface area contributed by atoms with E-state index < -0.39 is 0 Å². The number of aryl methyl sites for hydroxylation is 2. The Morgan fingerprint density at radius 3 is 2.52 bits per heavy atom. The van der Waals surface area contributed by atoms with E-state index in [2.05, 4.69) is 46.9 Å². The van der Waals surface area contributed by atoms with E-state index in [-0.39, 0.29) is 5.78 Å². The molecule has 3 aromatic rings. The highest BCUT2D eigenvalue weighted by Gasteiger charge is 2.10. The summed E-state index contributed by atoms with van der Waals surface area (Å²) in [7, 11) is 0. The smallest absolute Gasteiger partial charge is 0.182 e. The van der Waals surface area contributed by atoms with E-state index in [1.54, 1.807) is 6.33 Å². The van der Waals surface area contributed by atoms with Gasteiger partial charge in [-0.05, 0) is 49.2 Å². The Morgan fingerprint density at radius 2 is 1.81 bits per heavy atom. The molecule has 2 aromatic carbocycles. The highest BCUT2D eigenvalue weighted by Crippen LogP contribution is 2.19. The standard InChI is InChI=1S/C17H15BrN2O/c1-11-7-15-16(8-12(11)2)20(10-19-15)9-17(21)13-3-5-14(18)6-4-13/h3-8,10H,9H2,1-2H3. The Labute approximate surface area is 131 Å². The Bertz CT molecular complexity index is 819. The van der Waals surface area contributed by atoms with Crippen LogP contribution in [0.4, 0.5) is 0 Å². The SMILES string of the molecule is Cc1cc2ncn(CC(=O)c3ccc(Br)cc3)c2cc1C. The predicted molar refractivity (Wildman–Crippen MR) is 87.7 cm³/mol. The number of aromatic nitrogens is 2. The van der Waals surface area contributed by atoms with Gasteiger partial charge in [-0.3, -0.25) is 4.79 Å². The number of nitrogens with zero attached hydrogens (tertiary/aromatic N) is 2. The van der Waals surface area contributed by atoms with Crippen molar-refractivity contribution >= 4 is 32.7 Å². The van der Waals surface area contributed by atoms with Gasteiger partial charge in [0.15, 0.2) is 5.78 Å². The van der Waals surface area contributed by atoms with Gasteiger partial charge in [-0.1, -0.05) is 28.1 Å². The number of hydrogen-bond acceptors (Lipinski definition) is 2. The zero-order valence-electron chi connectivity index (χ0n) is 11.9. The number of imidazole rings is 1. The molecule has 3 nitrogen and oxygen atoms in total. The molecule has 0 aliphatic heterocycles. The van der Waals surface area contributed by atoms with Crippen LogP contribution in [0.2, 0.25) is 0 Å². The van der Waals surface area contributed by atoms with E-state index in [0.29, 0.717) is 12.1 Å². The lowest BCUT2D eigenvalue weighted by Crippen LogP contribution is -2.09. The highest BCUT2D eigenvalue weighted by atomic mass is 79.9. The van der Waals surface area contributed by atoms with E-state index in [4.69, 9.17) is 0 Å². The molecule has 0 radical (unpaired) electrons. The van der Waals surface area contributed by atoms with Crippen LogP contribution in [0, 0.1) is 13.8 Å². The van der Waals surface area contributed by atoms with Gasteiger partial charge in [-0.2, -0.15) is 0 Å². The second-order valence-electron chi connectivity index (χ2n) is 5.23. The van der Waals surface area contributed by atoms with Crippen LogP contribution >= 0.6 is 15.9 Å². The lowest BCUT2D eigenvalue weighted by Gasteiger charge is -2.06. The van der Waals surface area contributed by atoms with Gasteiger partial charge in [-0.15, -0.1) is 0 Å². The maximum absolute atomic E-state index is 12.4. The van der Waals surface area contributed by atoms with Crippen LogP contribution in [0.5, 0.6) is 0 Å². The molecular formula is C17H15BrN2O. The minimum absolute atomic E-state index is 0.0834. The van der Waals surface area contributed by atoms with Gasteiger partial charge in [-0.25, -0.2) is 4.98 Å². The molecule has 4 heteroatoms. The van der Waals surface area contributed by atoms with E-state index in [1.165, 1.54) is 11.1 Å². The Hall–Kier alpha value is -1.94. The zero-order chi connectivity index (χ0) is 15.0. The van der Waals surface area contributed by atoms with Gasteiger partial charge in [0.05, 0.1) is 23.9 Å². The molecule has 106 valence electrons. The second kappa shape index (κ2) is 5.45. The summed E-state index contributed by atoms with van der Waals surface area (Å²) in [6, 6.07) is 11.6. The second-order valence-corrected chi connectivity index (χ2v) is 6.14. The zero-order valence-corrected chi connectivity index (χ0v) is 13.5. The Balaban J connectivity index is 1.93. The van der Waals surface area contributed by atoms with Gasteiger partial charge in [0, 0.05) is 10.0 Å². The van der Waals surface area contributed by atoms with Crippen LogP contribution in [0.3, 0.4) is 0 Å². The molecule has 3 rings (SSSR count). The molecule has 0 saturated carbocycles. The molecule has 0 unspecified atom stereocenters. The maximum Gasteiger partial charge on any atom is 0.182 e. The first kappa shape index (κ1) is 14.0. The topological polar surface area (TPSA) is 34.9 Å². The van der Waals surface area contributed by atoms with E-state index in [9.17, 15) is 4.79 Å². The molecule has 0 N–H and O–H groups in total. The van der Waals surface area contributed by atoms with Crippen molar-refractivity contribution in [2.75, 3.05) is 0 Å². The molecule has 0 saturated heterocycles.